The van der Waals surface area contributed by atoms with Crippen molar-refractivity contribution in [2.75, 3.05) is 18.0 Å². The zero-order valence-electron chi connectivity index (χ0n) is 14.1. The van der Waals surface area contributed by atoms with E-state index in [2.05, 4.69) is 5.32 Å². The van der Waals surface area contributed by atoms with Crippen molar-refractivity contribution in [3.8, 4) is 0 Å². The molecule has 1 saturated heterocycles. The molecule has 1 aromatic carbocycles. The van der Waals surface area contributed by atoms with Crippen LogP contribution in [0, 0.1) is 29.1 Å². The lowest BCUT2D eigenvalue weighted by Gasteiger charge is -2.35. The van der Waals surface area contributed by atoms with Gasteiger partial charge in [0.05, 0.1) is 0 Å². The van der Waals surface area contributed by atoms with Gasteiger partial charge >= 0.3 is 6.09 Å². The van der Waals surface area contributed by atoms with E-state index < -0.39 is 52.5 Å². The molecule has 0 aliphatic carbocycles. The largest absolute Gasteiger partial charge is 0.444 e. The van der Waals surface area contributed by atoms with Gasteiger partial charge in [0.15, 0.2) is 23.3 Å². The molecule has 2 rings (SSSR count). The summed E-state index contributed by atoms with van der Waals surface area (Å²) in [4.78, 5) is 12.8. The van der Waals surface area contributed by atoms with E-state index in [0.29, 0.717) is 12.8 Å². The van der Waals surface area contributed by atoms with E-state index in [9.17, 15) is 26.7 Å². The molecule has 25 heavy (non-hydrogen) atoms. The summed E-state index contributed by atoms with van der Waals surface area (Å²) in [6.07, 6.45) is 0.183. The minimum Gasteiger partial charge on any atom is -0.444 e. The average molecular weight is 366 g/mol. The van der Waals surface area contributed by atoms with Crippen LogP contribution in [0.15, 0.2) is 0 Å². The number of ether oxygens (including phenoxy) is 1. The Labute approximate surface area is 141 Å². The van der Waals surface area contributed by atoms with Gasteiger partial charge in [0.2, 0.25) is 5.82 Å². The minimum absolute atomic E-state index is 0.0996. The predicted octanol–water partition coefficient (Wildman–Crippen LogP) is 3.88. The van der Waals surface area contributed by atoms with Gasteiger partial charge in [-0.05, 0) is 33.6 Å². The topological polar surface area (TPSA) is 41.6 Å². The first-order valence-corrected chi connectivity index (χ1v) is 7.77. The SMILES string of the molecule is CC(C)(C)OC(=O)N[C@H]1CCCN(c2c(F)c(F)c(F)c(F)c2F)C1. The first kappa shape index (κ1) is 19.3. The van der Waals surface area contributed by atoms with Crippen LogP contribution in [0.2, 0.25) is 0 Å². The first-order chi connectivity index (χ1) is 11.5. The van der Waals surface area contributed by atoms with E-state index in [0.717, 1.165) is 4.90 Å². The second-order valence-corrected chi connectivity index (χ2v) is 6.85. The summed E-state index contributed by atoms with van der Waals surface area (Å²) in [5.41, 5.74) is -1.70. The van der Waals surface area contributed by atoms with Gasteiger partial charge in [-0.2, -0.15) is 0 Å². The first-order valence-electron chi connectivity index (χ1n) is 7.77. The number of nitrogens with one attached hydrogen (secondary N) is 1. The van der Waals surface area contributed by atoms with Crippen LogP contribution in [0.4, 0.5) is 32.4 Å². The van der Waals surface area contributed by atoms with E-state index in [-0.39, 0.29) is 13.1 Å². The maximum absolute atomic E-state index is 13.9. The van der Waals surface area contributed by atoms with Gasteiger partial charge in [-0.3, -0.25) is 0 Å². The van der Waals surface area contributed by atoms with Crippen LogP contribution in [-0.4, -0.2) is 30.8 Å². The third kappa shape index (κ3) is 4.32. The number of alkyl carbamates (subject to hydrolysis) is 1. The number of piperidine rings is 1. The Bertz CT molecular complexity index is 646. The Kier molecular flexibility index (Phi) is 5.43. The van der Waals surface area contributed by atoms with Gasteiger partial charge in [-0.1, -0.05) is 0 Å². The van der Waals surface area contributed by atoms with Crippen LogP contribution >= 0.6 is 0 Å². The fourth-order valence-electron chi connectivity index (χ4n) is 2.64. The quantitative estimate of drug-likeness (QED) is 0.491. The Morgan fingerprint density at radius 2 is 1.56 bits per heavy atom. The molecular formula is C16H19F5N2O2. The van der Waals surface area contributed by atoms with E-state index in [1.807, 2.05) is 0 Å². The standard InChI is InChI=1S/C16H19F5N2O2/c1-16(2,3)25-15(24)22-8-5-4-6-23(7-8)14-12(20)10(18)9(17)11(19)13(14)21/h8H,4-7H2,1-3H3,(H,22,24)/t8-/m0/s1. The van der Waals surface area contributed by atoms with Gasteiger partial charge in [-0.25, -0.2) is 26.7 Å². The minimum atomic E-state index is -2.20. The van der Waals surface area contributed by atoms with Gasteiger partial charge < -0.3 is 15.0 Å². The maximum Gasteiger partial charge on any atom is 0.407 e. The van der Waals surface area contributed by atoms with Crippen LogP contribution in [0.5, 0.6) is 0 Å². The number of carbonyl (C=O) groups is 1. The predicted molar refractivity (Wildman–Crippen MR) is 80.8 cm³/mol. The van der Waals surface area contributed by atoms with Crippen molar-refractivity contribution in [3.63, 3.8) is 0 Å². The molecule has 140 valence electrons. The highest BCUT2D eigenvalue weighted by atomic mass is 19.2. The van der Waals surface area contributed by atoms with Crippen molar-refractivity contribution in [1.29, 1.82) is 0 Å². The zero-order chi connectivity index (χ0) is 18.9. The summed E-state index contributed by atoms with van der Waals surface area (Å²) < 4.78 is 72.8. The Morgan fingerprint density at radius 3 is 2.08 bits per heavy atom. The number of benzene rings is 1. The fourth-order valence-corrected chi connectivity index (χ4v) is 2.64. The van der Waals surface area contributed by atoms with Gasteiger partial charge in [-0.15, -0.1) is 0 Å². The third-order valence-electron chi connectivity index (χ3n) is 3.65. The van der Waals surface area contributed by atoms with Crippen LogP contribution < -0.4 is 10.2 Å². The van der Waals surface area contributed by atoms with Crippen molar-refractivity contribution in [2.45, 2.75) is 45.3 Å². The van der Waals surface area contributed by atoms with Crippen molar-refractivity contribution in [2.24, 2.45) is 0 Å². The van der Waals surface area contributed by atoms with Crippen molar-refractivity contribution in [3.05, 3.63) is 29.1 Å². The van der Waals surface area contributed by atoms with E-state index >= 15 is 0 Å². The van der Waals surface area contributed by atoms with Gasteiger partial charge in [0.25, 0.3) is 0 Å². The third-order valence-corrected chi connectivity index (χ3v) is 3.65. The Balaban J connectivity index is 2.18. The highest BCUT2D eigenvalue weighted by Crippen LogP contribution is 2.32. The van der Waals surface area contributed by atoms with Crippen LogP contribution in [0.25, 0.3) is 0 Å². The van der Waals surface area contributed by atoms with E-state index in [4.69, 9.17) is 4.74 Å². The van der Waals surface area contributed by atoms with Crippen LogP contribution in [0.1, 0.15) is 33.6 Å². The molecule has 0 spiro atoms. The average Bonchev–Trinajstić information content (AvgIpc) is 2.50. The lowest BCUT2D eigenvalue weighted by atomic mass is 10.0. The van der Waals surface area contributed by atoms with Crippen molar-refractivity contribution in [1.82, 2.24) is 5.32 Å². The number of anilines is 1. The Morgan fingerprint density at radius 1 is 1.04 bits per heavy atom. The van der Waals surface area contributed by atoms with Gasteiger partial charge in [0, 0.05) is 19.1 Å². The summed E-state index contributed by atoms with van der Waals surface area (Å²) in [5, 5.41) is 2.55. The van der Waals surface area contributed by atoms with E-state index in [1.54, 1.807) is 20.8 Å². The molecule has 1 heterocycles. The van der Waals surface area contributed by atoms with Crippen LogP contribution in [0.3, 0.4) is 0 Å². The zero-order valence-corrected chi connectivity index (χ0v) is 14.1. The molecule has 1 amide bonds. The lowest BCUT2D eigenvalue weighted by molar-refractivity contribution is 0.0500. The molecule has 1 aliphatic heterocycles. The molecule has 1 N–H and O–H groups in total. The second-order valence-electron chi connectivity index (χ2n) is 6.85. The number of nitrogens with zero attached hydrogens (tertiary/aromatic N) is 1. The summed E-state index contributed by atoms with van der Waals surface area (Å²) >= 11 is 0. The molecule has 1 aliphatic rings. The summed E-state index contributed by atoms with van der Waals surface area (Å²) in [5.74, 6) is -9.94. The molecule has 0 unspecified atom stereocenters. The highest BCUT2D eigenvalue weighted by Gasteiger charge is 2.32. The molecule has 0 saturated carbocycles. The molecule has 1 fully saturated rings. The lowest BCUT2D eigenvalue weighted by Crippen LogP contribution is -2.49. The number of hydrogen-bond donors (Lipinski definition) is 1. The maximum atomic E-state index is 13.9. The highest BCUT2D eigenvalue weighted by molar-refractivity contribution is 5.68. The fraction of sp³-hybridized carbons (Fsp3) is 0.562. The van der Waals surface area contributed by atoms with Crippen molar-refractivity contribution >= 4 is 11.8 Å². The van der Waals surface area contributed by atoms with E-state index in [1.165, 1.54) is 0 Å². The summed E-state index contributed by atoms with van der Waals surface area (Å²) in [7, 11) is 0. The summed E-state index contributed by atoms with van der Waals surface area (Å²) in [6, 6.07) is -0.543. The normalized spacial score (nSPS) is 18.2. The second kappa shape index (κ2) is 7.05. The molecule has 9 heteroatoms. The number of rotatable bonds is 2. The number of amides is 1. The van der Waals surface area contributed by atoms with Crippen LogP contribution in [-0.2, 0) is 4.74 Å². The number of hydrogen-bond acceptors (Lipinski definition) is 3. The number of carbonyl (C=O) groups excluding carboxylic acids is 1. The molecule has 1 aromatic rings. The number of halogens is 5. The Hall–Kier alpha value is -2.06. The molecule has 1 atom stereocenters. The summed E-state index contributed by atoms with van der Waals surface area (Å²) in [6.45, 7) is 5.03. The molecule has 0 bridgehead atoms. The monoisotopic (exact) mass is 366 g/mol. The molecule has 0 aromatic heterocycles. The van der Waals surface area contributed by atoms with Gasteiger partial charge in [0.1, 0.15) is 11.3 Å². The smallest absolute Gasteiger partial charge is 0.407 e. The molecule has 0 radical (unpaired) electrons. The molecular weight excluding hydrogens is 347 g/mol. The molecule has 4 nitrogen and oxygen atoms in total. The van der Waals surface area contributed by atoms with Crippen molar-refractivity contribution < 1.29 is 31.5 Å².